The van der Waals surface area contributed by atoms with Crippen molar-refractivity contribution in [3.63, 3.8) is 0 Å². The first-order chi connectivity index (χ1) is 17.5. The molecule has 2 N–H and O–H groups in total. The number of urea groups is 1. The SMILES string of the molecule is CCOc1ccc(C2NC(=O)NC(CN3CCN(c4ccccc4OCC)CC3)=C2C(=O)OC)cc1. The molecule has 36 heavy (non-hydrogen) atoms. The van der Waals surface area contributed by atoms with Crippen molar-refractivity contribution in [1.29, 1.82) is 0 Å². The minimum Gasteiger partial charge on any atom is -0.494 e. The van der Waals surface area contributed by atoms with Crippen LogP contribution < -0.4 is 25.0 Å². The molecular formula is C27H34N4O5. The number of hydrogen-bond acceptors (Lipinski definition) is 7. The summed E-state index contributed by atoms with van der Waals surface area (Å²) in [5, 5.41) is 5.73. The molecule has 1 fully saturated rings. The molecule has 0 aliphatic carbocycles. The van der Waals surface area contributed by atoms with Gasteiger partial charge in [0.1, 0.15) is 11.5 Å². The highest BCUT2D eigenvalue weighted by Gasteiger charge is 2.34. The van der Waals surface area contributed by atoms with Gasteiger partial charge in [0.2, 0.25) is 0 Å². The van der Waals surface area contributed by atoms with Gasteiger partial charge >= 0.3 is 12.0 Å². The molecule has 2 aliphatic heterocycles. The average Bonchev–Trinajstić information content (AvgIpc) is 2.90. The lowest BCUT2D eigenvalue weighted by atomic mass is 9.95. The Balaban J connectivity index is 1.52. The zero-order valence-corrected chi connectivity index (χ0v) is 21.1. The molecule has 0 spiro atoms. The summed E-state index contributed by atoms with van der Waals surface area (Å²) in [6, 6.07) is 14.5. The second-order valence-electron chi connectivity index (χ2n) is 8.58. The maximum Gasteiger partial charge on any atom is 0.338 e. The highest BCUT2D eigenvalue weighted by Crippen LogP contribution is 2.31. The first-order valence-electron chi connectivity index (χ1n) is 12.3. The lowest BCUT2D eigenvalue weighted by Crippen LogP contribution is -2.51. The van der Waals surface area contributed by atoms with Crippen molar-refractivity contribution < 1.29 is 23.8 Å². The number of anilines is 1. The van der Waals surface area contributed by atoms with Crippen molar-refractivity contribution in [1.82, 2.24) is 15.5 Å². The van der Waals surface area contributed by atoms with Crippen molar-refractivity contribution in [2.45, 2.75) is 19.9 Å². The number of nitrogens with one attached hydrogen (secondary N) is 2. The summed E-state index contributed by atoms with van der Waals surface area (Å²) in [7, 11) is 1.35. The van der Waals surface area contributed by atoms with Gasteiger partial charge in [0, 0.05) is 38.4 Å². The summed E-state index contributed by atoms with van der Waals surface area (Å²) in [6.07, 6.45) is 0. The molecule has 1 atom stereocenters. The van der Waals surface area contributed by atoms with E-state index in [1.807, 2.05) is 56.3 Å². The molecule has 2 heterocycles. The van der Waals surface area contributed by atoms with Gasteiger partial charge in [-0.05, 0) is 43.7 Å². The van der Waals surface area contributed by atoms with Crippen LogP contribution in [0.2, 0.25) is 0 Å². The summed E-state index contributed by atoms with van der Waals surface area (Å²) < 4.78 is 16.4. The molecule has 9 nitrogen and oxygen atoms in total. The van der Waals surface area contributed by atoms with Crippen LogP contribution in [-0.4, -0.2) is 69.9 Å². The molecule has 9 heteroatoms. The van der Waals surface area contributed by atoms with Crippen molar-refractivity contribution in [3.8, 4) is 11.5 Å². The van der Waals surface area contributed by atoms with Gasteiger partial charge in [0.05, 0.1) is 37.6 Å². The van der Waals surface area contributed by atoms with E-state index in [0.29, 0.717) is 31.0 Å². The second kappa shape index (κ2) is 11.8. The molecule has 0 radical (unpaired) electrons. The Morgan fingerprint density at radius 1 is 0.972 bits per heavy atom. The van der Waals surface area contributed by atoms with Crippen molar-refractivity contribution in [2.75, 3.05) is 57.9 Å². The van der Waals surface area contributed by atoms with E-state index in [1.165, 1.54) is 7.11 Å². The van der Waals surface area contributed by atoms with Gasteiger partial charge in [0.15, 0.2) is 0 Å². The molecule has 0 bridgehead atoms. The molecule has 4 rings (SSSR count). The third-order valence-corrected chi connectivity index (χ3v) is 6.34. The highest BCUT2D eigenvalue weighted by molar-refractivity contribution is 5.95. The zero-order chi connectivity index (χ0) is 25.5. The number of esters is 1. The second-order valence-corrected chi connectivity index (χ2v) is 8.58. The minimum atomic E-state index is -0.615. The van der Waals surface area contributed by atoms with Crippen molar-refractivity contribution in [3.05, 3.63) is 65.4 Å². The number of carbonyl (C=O) groups is 2. The van der Waals surface area contributed by atoms with Gasteiger partial charge in [-0.25, -0.2) is 9.59 Å². The number of piperazine rings is 1. The quantitative estimate of drug-likeness (QED) is 0.518. The molecule has 1 saturated heterocycles. The summed E-state index contributed by atoms with van der Waals surface area (Å²) in [6.45, 7) is 8.67. The topological polar surface area (TPSA) is 92.4 Å². The van der Waals surface area contributed by atoms with Crippen LogP contribution in [0.1, 0.15) is 25.5 Å². The largest absolute Gasteiger partial charge is 0.494 e. The summed E-state index contributed by atoms with van der Waals surface area (Å²) in [4.78, 5) is 30.0. The van der Waals surface area contributed by atoms with E-state index in [0.717, 1.165) is 48.9 Å². The van der Waals surface area contributed by atoms with Crippen LogP contribution >= 0.6 is 0 Å². The molecule has 2 amide bonds. The predicted octanol–water partition coefficient (Wildman–Crippen LogP) is 3.09. The number of rotatable bonds is 9. The predicted molar refractivity (Wildman–Crippen MR) is 137 cm³/mol. The number of nitrogens with zero attached hydrogens (tertiary/aromatic N) is 2. The highest BCUT2D eigenvalue weighted by atomic mass is 16.5. The van der Waals surface area contributed by atoms with Crippen LogP contribution in [-0.2, 0) is 9.53 Å². The van der Waals surface area contributed by atoms with E-state index in [2.05, 4.69) is 26.5 Å². The fourth-order valence-corrected chi connectivity index (χ4v) is 4.63. The molecule has 0 saturated carbocycles. The van der Waals surface area contributed by atoms with Gasteiger partial charge in [-0.1, -0.05) is 24.3 Å². The Morgan fingerprint density at radius 2 is 1.67 bits per heavy atom. The van der Waals surface area contributed by atoms with Gasteiger partial charge in [-0.3, -0.25) is 4.90 Å². The molecule has 192 valence electrons. The van der Waals surface area contributed by atoms with Gasteiger partial charge in [-0.15, -0.1) is 0 Å². The number of amides is 2. The zero-order valence-electron chi connectivity index (χ0n) is 21.1. The number of benzene rings is 2. The van der Waals surface area contributed by atoms with E-state index in [1.54, 1.807) is 0 Å². The van der Waals surface area contributed by atoms with Gasteiger partial charge in [0.25, 0.3) is 0 Å². The smallest absolute Gasteiger partial charge is 0.338 e. The van der Waals surface area contributed by atoms with E-state index >= 15 is 0 Å². The maximum atomic E-state index is 12.9. The minimum absolute atomic E-state index is 0.346. The van der Waals surface area contributed by atoms with Crippen LogP contribution in [0.15, 0.2) is 59.8 Å². The third-order valence-electron chi connectivity index (χ3n) is 6.34. The van der Waals surface area contributed by atoms with Gasteiger partial charge < -0.3 is 29.7 Å². The van der Waals surface area contributed by atoms with Crippen LogP contribution in [0.5, 0.6) is 11.5 Å². The third kappa shape index (κ3) is 5.73. The number of carbonyl (C=O) groups excluding carboxylic acids is 2. The Labute approximate surface area is 212 Å². The maximum absolute atomic E-state index is 12.9. The Bertz CT molecular complexity index is 1090. The van der Waals surface area contributed by atoms with Crippen molar-refractivity contribution >= 4 is 17.7 Å². The van der Waals surface area contributed by atoms with Crippen LogP contribution in [0.25, 0.3) is 0 Å². The normalized spacial score (nSPS) is 18.4. The van der Waals surface area contributed by atoms with Crippen molar-refractivity contribution in [2.24, 2.45) is 0 Å². The lowest BCUT2D eigenvalue weighted by molar-refractivity contribution is -0.136. The van der Waals surface area contributed by atoms with E-state index in [-0.39, 0.29) is 6.03 Å². The number of methoxy groups -OCH3 is 1. The number of ether oxygens (including phenoxy) is 3. The Morgan fingerprint density at radius 3 is 2.33 bits per heavy atom. The van der Waals surface area contributed by atoms with E-state index in [9.17, 15) is 9.59 Å². The van der Waals surface area contributed by atoms with E-state index in [4.69, 9.17) is 14.2 Å². The lowest BCUT2D eigenvalue weighted by Gasteiger charge is -2.38. The number of para-hydroxylation sites is 2. The van der Waals surface area contributed by atoms with E-state index < -0.39 is 12.0 Å². The first kappa shape index (κ1) is 25.4. The summed E-state index contributed by atoms with van der Waals surface area (Å²) in [5.74, 6) is 1.14. The number of hydrogen-bond donors (Lipinski definition) is 2. The standard InChI is InChI=1S/C27H34N4O5/c1-4-35-20-12-10-19(11-13-20)25-24(26(32)34-3)21(28-27(33)29-25)18-30-14-16-31(17-15-30)22-8-6-7-9-23(22)36-5-2/h6-13,25H,4-5,14-18H2,1-3H3,(H2,28,29,33). The fraction of sp³-hybridized carbons (Fsp3) is 0.407. The van der Waals surface area contributed by atoms with Crippen LogP contribution in [0.4, 0.5) is 10.5 Å². The van der Waals surface area contributed by atoms with Crippen LogP contribution in [0, 0.1) is 0 Å². The molecule has 2 aromatic carbocycles. The first-order valence-corrected chi connectivity index (χ1v) is 12.3. The summed E-state index contributed by atoms with van der Waals surface area (Å²) in [5.41, 5.74) is 2.83. The Kier molecular flexibility index (Phi) is 8.32. The molecule has 2 aliphatic rings. The fourth-order valence-electron chi connectivity index (χ4n) is 4.63. The average molecular weight is 495 g/mol. The van der Waals surface area contributed by atoms with Crippen LogP contribution in [0.3, 0.4) is 0 Å². The van der Waals surface area contributed by atoms with Gasteiger partial charge in [-0.2, -0.15) is 0 Å². The Hall–Kier alpha value is -3.72. The molecular weight excluding hydrogens is 460 g/mol. The molecule has 2 aromatic rings. The summed E-state index contributed by atoms with van der Waals surface area (Å²) >= 11 is 0. The molecule has 0 aromatic heterocycles. The molecule has 1 unspecified atom stereocenters. The monoisotopic (exact) mass is 494 g/mol.